The molecule has 1 aliphatic heterocycles. The number of morpholine rings is 1. The van der Waals surface area contributed by atoms with Gasteiger partial charge in [0.05, 0.1) is 18.6 Å². The Morgan fingerprint density at radius 2 is 2.19 bits per heavy atom. The molecule has 1 atom stereocenters. The molecule has 1 heterocycles. The standard InChI is InChI=1S/C13H16Cl2FNO3S/c1-2-11-8-17(3-4-20-11)21(18,19)12-6-10(15)5-9(7-14)13(12)16/h5-6,11H,2-4,7-8H2,1H3. The average Bonchev–Trinajstić information content (AvgIpc) is 2.49. The van der Waals surface area contributed by atoms with Gasteiger partial charge in [-0.2, -0.15) is 4.31 Å². The maximum atomic E-state index is 14.3. The predicted molar refractivity (Wildman–Crippen MR) is 79.8 cm³/mol. The van der Waals surface area contributed by atoms with Gasteiger partial charge in [0.15, 0.2) is 0 Å². The Morgan fingerprint density at radius 1 is 1.48 bits per heavy atom. The molecule has 1 fully saturated rings. The van der Waals surface area contributed by atoms with Crippen molar-refractivity contribution in [1.29, 1.82) is 0 Å². The highest BCUT2D eigenvalue weighted by atomic mass is 35.5. The Kier molecular flexibility index (Phi) is 5.48. The lowest BCUT2D eigenvalue weighted by atomic mass is 10.2. The molecule has 1 unspecified atom stereocenters. The number of nitrogens with zero attached hydrogens (tertiary/aromatic N) is 1. The van der Waals surface area contributed by atoms with Crippen LogP contribution >= 0.6 is 23.2 Å². The van der Waals surface area contributed by atoms with E-state index in [1.807, 2.05) is 6.92 Å². The van der Waals surface area contributed by atoms with Crippen LogP contribution in [0.5, 0.6) is 0 Å². The van der Waals surface area contributed by atoms with E-state index in [2.05, 4.69) is 0 Å². The van der Waals surface area contributed by atoms with E-state index in [4.69, 9.17) is 27.9 Å². The zero-order chi connectivity index (χ0) is 15.6. The molecule has 1 aliphatic rings. The van der Waals surface area contributed by atoms with E-state index >= 15 is 0 Å². The number of ether oxygens (including phenoxy) is 1. The molecule has 118 valence electrons. The van der Waals surface area contributed by atoms with Crippen molar-refractivity contribution in [1.82, 2.24) is 4.31 Å². The lowest BCUT2D eigenvalue weighted by Gasteiger charge is -2.31. The molecule has 1 saturated heterocycles. The molecule has 0 aromatic heterocycles. The first-order valence-electron chi connectivity index (χ1n) is 6.55. The minimum atomic E-state index is -3.96. The maximum absolute atomic E-state index is 14.3. The molecular formula is C13H16Cl2FNO3S. The third-order valence-electron chi connectivity index (χ3n) is 3.40. The minimum Gasteiger partial charge on any atom is -0.375 e. The van der Waals surface area contributed by atoms with Gasteiger partial charge in [0.2, 0.25) is 10.0 Å². The van der Waals surface area contributed by atoms with Gasteiger partial charge in [-0.15, -0.1) is 11.6 Å². The summed E-state index contributed by atoms with van der Waals surface area (Å²) in [5.74, 6) is -0.982. The monoisotopic (exact) mass is 355 g/mol. The lowest BCUT2D eigenvalue weighted by molar-refractivity contribution is -0.00283. The Morgan fingerprint density at radius 3 is 2.81 bits per heavy atom. The third kappa shape index (κ3) is 3.51. The van der Waals surface area contributed by atoms with E-state index in [0.717, 1.165) is 6.07 Å². The molecule has 0 radical (unpaired) electrons. The summed E-state index contributed by atoms with van der Waals surface area (Å²) in [4.78, 5) is -0.428. The zero-order valence-corrected chi connectivity index (χ0v) is 13.8. The van der Waals surface area contributed by atoms with Crippen LogP contribution in [0.4, 0.5) is 4.39 Å². The summed E-state index contributed by atoms with van der Waals surface area (Å²) in [5.41, 5.74) is 0.0723. The summed E-state index contributed by atoms with van der Waals surface area (Å²) in [6, 6.07) is 2.45. The van der Waals surface area contributed by atoms with Crippen molar-refractivity contribution in [3.05, 3.63) is 28.5 Å². The largest absolute Gasteiger partial charge is 0.375 e. The van der Waals surface area contributed by atoms with Gasteiger partial charge in [-0.25, -0.2) is 12.8 Å². The molecule has 0 N–H and O–H groups in total. The van der Waals surface area contributed by atoms with Gasteiger partial charge < -0.3 is 4.74 Å². The van der Waals surface area contributed by atoms with Crippen molar-refractivity contribution in [3.8, 4) is 0 Å². The zero-order valence-electron chi connectivity index (χ0n) is 11.5. The maximum Gasteiger partial charge on any atom is 0.246 e. The summed E-state index contributed by atoms with van der Waals surface area (Å²) < 4.78 is 46.2. The second kappa shape index (κ2) is 6.79. The van der Waals surface area contributed by atoms with E-state index in [-0.39, 0.29) is 35.7 Å². The molecule has 2 rings (SSSR count). The number of halogens is 3. The van der Waals surface area contributed by atoms with Gasteiger partial charge in [0.1, 0.15) is 10.7 Å². The third-order valence-corrected chi connectivity index (χ3v) is 5.77. The molecule has 1 aromatic carbocycles. The Balaban J connectivity index is 2.42. The highest BCUT2D eigenvalue weighted by Crippen LogP contribution is 2.28. The normalized spacial score (nSPS) is 20.7. The molecule has 1 aromatic rings. The molecular weight excluding hydrogens is 340 g/mol. The minimum absolute atomic E-state index is 0.0723. The molecule has 8 heteroatoms. The van der Waals surface area contributed by atoms with Crippen molar-refractivity contribution >= 4 is 33.2 Å². The molecule has 0 amide bonds. The van der Waals surface area contributed by atoms with Gasteiger partial charge >= 0.3 is 0 Å². The number of sulfonamides is 1. The smallest absolute Gasteiger partial charge is 0.246 e. The van der Waals surface area contributed by atoms with E-state index < -0.39 is 20.7 Å². The molecule has 0 aliphatic carbocycles. The van der Waals surface area contributed by atoms with Crippen molar-refractivity contribution in [2.75, 3.05) is 19.7 Å². The quantitative estimate of drug-likeness (QED) is 0.780. The molecule has 4 nitrogen and oxygen atoms in total. The first-order chi connectivity index (χ1) is 9.90. The number of rotatable bonds is 4. The molecule has 0 bridgehead atoms. The highest BCUT2D eigenvalue weighted by molar-refractivity contribution is 7.89. The average molecular weight is 356 g/mol. The molecule has 0 saturated carbocycles. The van der Waals surface area contributed by atoms with Crippen molar-refractivity contribution in [2.45, 2.75) is 30.2 Å². The van der Waals surface area contributed by atoms with Gasteiger partial charge in [0.25, 0.3) is 0 Å². The summed E-state index contributed by atoms with van der Waals surface area (Å²) >= 11 is 11.5. The van der Waals surface area contributed by atoms with Crippen LogP contribution in [0.1, 0.15) is 18.9 Å². The predicted octanol–water partition coefficient (Wildman–Crippen LogP) is 3.02. The highest BCUT2D eigenvalue weighted by Gasteiger charge is 2.33. The van der Waals surface area contributed by atoms with Crippen LogP contribution in [0.15, 0.2) is 17.0 Å². The van der Waals surface area contributed by atoms with Gasteiger partial charge in [0, 0.05) is 23.7 Å². The van der Waals surface area contributed by atoms with Crippen LogP contribution in [-0.4, -0.2) is 38.5 Å². The van der Waals surface area contributed by atoms with Crippen LogP contribution in [0, 0.1) is 5.82 Å². The second-order valence-corrected chi connectivity index (χ2v) is 7.38. The summed E-state index contributed by atoms with van der Waals surface area (Å²) in [6.07, 6.45) is 0.514. The van der Waals surface area contributed by atoms with E-state index in [1.165, 1.54) is 10.4 Å². The van der Waals surface area contributed by atoms with Crippen LogP contribution in [0.25, 0.3) is 0 Å². The van der Waals surface area contributed by atoms with Crippen molar-refractivity contribution < 1.29 is 17.5 Å². The number of benzene rings is 1. The van der Waals surface area contributed by atoms with Crippen LogP contribution in [0.3, 0.4) is 0 Å². The molecule has 0 spiro atoms. The topological polar surface area (TPSA) is 46.6 Å². The van der Waals surface area contributed by atoms with Crippen molar-refractivity contribution in [2.24, 2.45) is 0 Å². The van der Waals surface area contributed by atoms with Crippen LogP contribution < -0.4 is 0 Å². The lowest BCUT2D eigenvalue weighted by Crippen LogP contribution is -2.45. The van der Waals surface area contributed by atoms with E-state index in [9.17, 15) is 12.8 Å². The SMILES string of the molecule is CCC1CN(S(=O)(=O)c2cc(Cl)cc(CCl)c2F)CCO1. The fourth-order valence-electron chi connectivity index (χ4n) is 2.20. The van der Waals surface area contributed by atoms with Gasteiger partial charge in [-0.3, -0.25) is 0 Å². The fraction of sp³-hybridized carbons (Fsp3) is 0.538. The Hall–Kier alpha value is -0.400. The fourth-order valence-corrected chi connectivity index (χ4v) is 4.29. The Labute approximate surface area is 133 Å². The number of hydrogen-bond donors (Lipinski definition) is 0. The Bertz CT molecular complexity index is 624. The van der Waals surface area contributed by atoms with Crippen molar-refractivity contribution in [3.63, 3.8) is 0 Å². The van der Waals surface area contributed by atoms with Crippen LogP contribution in [-0.2, 0) is 20.6 Å². The first kappa shape index (κ1) is 17.0. The summed E-state index contributed by atoms with van der Waals surface area (Å²) in [6.45, 7) is 2.61. The summed E-state index contributed by atoms with van der Waals surface area (Å²) in [5, 5.41) is 0.144. The molecule has 21 heavy (non-hydrogen) atoms. The number of alkyl halides is 1. The first-order valence-corrected chi connectivity index (χ1v) is 8.91. The van der Waals surface area contributed by atoms with E-state index in [1.54, 1.807) is 0 Å². The van der Waals surface area contributed by atoms with E-state index in [0.29, 0.717) is 13.0 Å². The number of hydrogen-bond acceptors (Lipinski definition) is 3. The van der Waals surface area contributed by atoms with Gasteiger partial charge in [-0.05, 0) is 18.6 Å². The van der Waals surface area contributed by atoms with Gasteiger partial charge in [-0.1, -0.05) is 18.5 Å². The summed E-state index contributed by atoms with van der Waals surface area (Å²) in [7, 11) is -3.96. The van der Waals surface area contributed by atoms with Crippen LogP contribution in [0.2, 0.25) is 5.02 Å². The second-order valence-electron chi connectivity index (χ2n) is 4.77.